The van der Waals surface area contributed by atoms with Crippen LogP contribution in [0, 0.1) is 13.8 Å². The van der Waals surface area contributed by atoms with Gasteiger partial charge in [0.1, 0.15) is 11.5 Å². The fourth-order valence-electron chi connectivity index (χ4n) is 1.99. The molecule has 23 heavy (non-hydrogen) atoms. The topological polar surface area (TPSA) is 80.4 Å². The summed E-state index contributed by atoms with van der Waals surface area (Å²) in [4.78, 5) is 25.7. The smallest absolute Gasteiger partial charge is 0.276 e. The van der Waals surface area contributed by atoms with Gasteiger partial charge in [-0.15, -0.1) is 0 Å². The number of carbonyl (C=O) groups excluding carboxylic acids is 2. The van der Waals surface area contributed by atoms with Crippen molar-refractivity contribution in [2.24, 2.45) is 7.05 Å². The van der Waals surface area contributed by atoms with E-state index in [-0.39, 0.29) is 17.5 Å². The molecule has 0 aliphatic rings. The summed E-state index contributed by atoms with van der Waals surface area (Å²) in [5.41, 5.74) is 1.33. The first-order valence-corrected chi connectivity index (χ1v) is 7.10. The lowest BCUT2D eigenvalue weighted by Gasteiger charge is -2.09. The number of carbonyl (C=O) groups is 2. The van der Waals surface area contributed by atoms with Crippen molar-refractivity contribution in [3.63, 3.8) is 0 Å². The first kappa shape index (κ1) is 16.5. The SMILES string of the molecule is Cc1ccc(/C=C/C(=O)Nc2c(C(=O)N(C)C)nn(C)c2C)o1. The van der Waals surface area contributed by atoms with Crippen LogP contribution in [0.3, 0.4) is 0 Å². The largest absolute Gasteiger partial charge is 0.462 e. The lowest BCUT2D eigenvalue weighted by Crippen LogP contribution is -2.24. The van der Waals surface area contributed by atoms with Gasteiger partial charge in [0.25, 0.3) is 5.91 Å². The Labute approximate surface area is 134 Å². The van der Waals surface area contributed by atoms with Crippen molar-refractivity contribution in [1.29, 1.82) is 0 Å². The van der Waals surface area contributed by atoms with Crippen LogP contribution in [-0.4, -0.2) is 40.6 Å². The number of nitrogens with zero attached hydrogens (tertiary/aromatic N) is 3. The second kappa shape index (κ2) is 6.51. The third-order valence-corrected chi connectivity index (χ3v) is 3.35. The zero-order valence-electron chi connectivity index (χ0n) is 13.9. The molecule has 0 saturated carbocycles. The molecule has 0 bridgehead atoms. The molecular formula is C16H20N4O3. The molecule has 0 spiro atoms. The van der Waals surface area contributed by atoms with Crippen LogP contribution in [0.15, 0.2) is 22.6 Å². The number of nitrogens with one attached hydrogen (secondary N) is 1. The van der Waals surface area contributed by atoms with Crippen molar-refractivity contribution in [2.75, 3.05) is 19.4 Å². The molecular weight excluding hydrogens is 296 g/mol. The van der Waals surface area contributed by atoms with Crippen molar-refractivity contribution in [2.45, 2.75) is 13.8 Å². The Balaban J connectivity index is 2.20. The van der Waals surface area contributed by atoms with Crippen molar-refractivity contribution in [3.05, 3.63) is 41.1 Å². The second-order valence-corrected chi connectivity index (χ2v) is 5.40. The third-order valence-electron chi connectivity index (χ3n) is 3.35. The van der Waals surface area contributed by atoms with Crippen LogP contribution in [-0.2, 0) is 11.8 Å². The van der Waals surface area contributed by atoms with Crippen molar-refractivity contribution in [1.82, 2.24) is 14.7 Å². The van der Waals surface area contributed by atoms with Gasteiger partial charge in [-0.1, -0.05) is 0 Å². The van der Waals surface area contributed by atoms with Gasteiger partial charge in [-0.25, -0.2) is 0 Å². The maximum atomic E-state index is 12.2. The highest BCUT2D eigenvalue weighted by Gasteiger charge is 2.22. The van der Waals surface area contributed by atoms with Gasteiger partial charge in [0, 0.05) is 27.2 Å². The summed E-state index contributed by atoms with van der Waals surface area (Å²) in [6.07, 6.45) is 2.93. The summed E-state index contributed by atoms with van der Waals surface area (Å²) < 4.78 is 6.92. The molecule has 0 aliphatic heterocycles. The molecule has 0 fully saturated rings. The molecule has 0 radical (unpaired) electrons. The first-order valence-electron chi connectivity index (χ1n) is 7.10. The van der Waals surface area contributed by atoms with E-state index >= 15 is 0 Å². The van der Waals surface area contributed by atoms with Crippen molar-refractivity contribution in [3.8, 4) is 0 Å². The van der Waals surface area contributed by atoms with Crippen LogP contribution >= 0.6 is 0 Å². The van der Waals surface area contributed by atoms with Crippen LogP contribution in [0.1, 0.15) is 27.7 Å². The minimum absolute atomic E-state index is 0.214. The molecule has 2 amide bonds. The van der Waals surface area contributed by atoms with Crippen LogP contribution < -0.4 is 5.32 Å². The van der Waals surface area contributed by atoms with Gasteiger partial charge >= 0.3 is 0 Å². The van der Waals surface area contributed by atoms with E-state index in [0.29, 0.717) is 17.1 Å². The van der Waals surface area contributed by atoms with Gasteiger partial charge in [-0.05, 0) is 32.1 Å². The number of aromatic nitrogens is 2. The number of rotatable bonds is 4. The van der Waals surface area contributed by atoms with Crippen molar-refractivity contribution >= 4 is 23.6 Å². The number of hydrogen-bond acceptors (Lipinski definition) is 4. The summed E-state index contributed by atoms with van der Waals surface area (Å²) in [7, 11) is 4.99. The fraction of sp³-hybridized carbons (Fsp3) is 0.312. The molecule has 7 nitrogen and oxygen atoms in total. The first-order chi connectivity index (χ1) is 10.8. The van der Waals surface area contributed by atoms with E-state index in [1.165, 1.54) is 11.0 Å². The van der Waals surface area contributed by atoms with Gasteiger partial charge < -0.3 is 14.6 Å². The average molecular weight is 316 g/mol. The zero-order valence-corrected chi connectivity index (χ0v) is 13.9. The lowest BCUT2D eigenvalue weighted by molar-refractivity contribution is -0.111. The summed E-state index contributed by atoms with van der Waals surface area (Å²) in [6.45, 7) is 3.62. The number of aryl methyl sites for hydroxylation is 2. The van der Waals surface area contributed by atoms with Gasteiger partial charge in [0.2, 0.25) is 5.91 Å². The normalized spacial score (nSPS) is 11.0. The van der Waals surface area contributed by atoms with Crippen LogP contribution in [0.5, 0.6) is 0 Å². The lowest BCUT2D eigenvalue weighted by atomic mass is 10.2. The van der Waals surface area contributed by atoms with Gasteiger partial charge in [-0.3, -0.25) is 14.3 Å². The molecule has 2 aromatic heterocycles. The van der Waals surface area contributed by atoms with E-state index in [1.54, 1.807) is 44.9 Å². The van der Waals surface area contributed by atoms with Crippen LogP contribution in [0.4, 0.5) is 5.69 Å². The molecule has 122 valence electrons. The van der Waals surface area contributed by atoms with Gasteiger partial charge in [0.05, 0.1) is 11.4 Å². The molecule has 0 aliphatic carbocycles. The van der Waals surface area contributed by atoms with E-state index < -0.39 is 0 Å². The van der Waals surface area contributed by atoms with Crippen molar-refractivity contribution < 1.29 is 14.0 Å². The zero-order chi connectivity index (χ0) is 17.1. The quantitative estimate of drug-likeness (QED) is 0.875. The molecule has 0 saturated heterocycles. The number of amides is 2. The standard InChI is InChI=1S/C16H20N4O3/c1-10-6-7-12(23-10)8-9-13(21)17-14-11(2)20(5)18-15(14)16(22)19(3)4/h6-9H,1-5H3,(H,17,21)/b9-8+. The highest BCUT2D eigenvalue weighted by Crippen LogP contribution is 2.20. The molecule has 7 heteroatoms. The molecule has 0 aromatic carbocycles. The maximum absolute atomic E-state index is 12.2. The summed E-state index contributed by atoms with van der Waals surface area (Å²) >= 11 is 0. The van der Waals surface area contributed by atoms with E-state index in [1.807, 2.05) is 13.0 Å². The second-order valence-electron chi connectivity index (χ2n) is 5.40. The molecule has 1 N–H and O–H groups in total. The predicted molar refractivity (Wildman–Crippen MR) is 87.1 cm³/mol. The summed E-state index contributed by atoms with van der Waals surface area (Å²) in [5, 5.41) is 6.89. The number of hydrogen-bond donors (Lipinski definition) is 1. The highest BCUT2D eigenvalue weighted by molar-refractivity contribution is 6.07. The van der Waals surface area contributed by atoms with E-state index in [4.69, 9.17) is 4.42 Å². The minimum Gasteiger partial charge on any atom is -0.462 e. The predicted octanol–water partition coefficient (Wildman–Crippen LogP) is 1.98. The Morgan fingerprint density at radius 3 is 2.57 bits per heavy atom. The average Bonchev–Trinajstić information content (AvgIpc) is 3.02. The Morgan fingerprint density at radius 2 is 2.00 bits per heavy atom. The Morgan fingerprint density at radius 1 is 1.30 bits per heavy atom. The minimum atomic E-state index is -0.358. The summed E-state index contributed by atoms with van der Waals surface area (Å²) in [6, 6.07) is 3.59. The number of anilines is 1. The van der Waals surface area contributed by atoms with Gasteiger partial charge in [-0.2, -0.15) is 5.10 Å². The highest BCUT2D eigenvalue weighted by atomic mass is 16.3. The maximum Gasteiger partial charge on any atom is 0.276 e. The molecule has 0 atom stereocenters. The van der Waals surface area contributed by atoms with Crippen LogP contribution in [0.2, 0.25) is 0 Å². The van der Waals surface area contributed by atoms with Gasteiger partial charge in [0.15, 0.2) is 5.69 Å². The Kier molecular flexibility index (Phi) is 4.68. The Bertz CT molecular complexity index is 768. The molecule has 2 rings (SSSR count). The van der Waals surface area contributed by atoms with E-state index in [0.717, 1.165) is 5.76 Å². The number of furan rings is 1. The molecule has 2 heterocycles. The monoisotopic (exact) mass is 316 g/mol. The fourth-order valence-corrected chi connectivity index (χ4v) is 1.99. The van der Waals surface area contributed by atoms with E-state index in [9.17, 15) is 9.59 Å². The van der Waals surface area contributed by atoms with E-state index in [2.05, 4.69) is 10.4 Å². The summed E-state index contributed by atoms with van der Waals surface area (Å²) in [5.74, 6) is 0.731. The third kappa shape index (κ3) is 3.68. The molecule has 0 unspecified atom stereocenters. The Hall–Kier alpha value is -2.83. The molecule has 2 aromatic rings. The van der Waals surface area contributed by atoms with Crippen LogP contribution in [0.25, 0.3) is 6.08 Å².